The van der Waals surface area contributed by atoms with Gasteiger partial charge in [0.05, 0.1) is 0 Å². The topological polar surface area (TPSA) is 69.7 Å². The van der Waals surface area contributed by atoms with Crippen molar-refractivity contribution in [3.8, 4) is 0 Å². The summed E-state index contributed by atoms with van der Waals surface area (Å²) >= 11 is 0. The van der Waals surface area contributed by atoms with Gasteiger partial charge in [-0.2, -0.15) is 0 Å². The number of urea groups is 1. The first-order valence-corrected chi connectivity index (χ1v) is 6.94. The van der Waals surface area contributed by atoms with E-state index in [0.29, 0.717) is 25.3 Å². The summed E-state index contributed by atoms with van der Waals surface area (Å²) in [6, 6.07) is -0.0917. The minimum absolute atomic E-state index is 0.0917. The molecule has 2 aliphatic rings. The van der Waals surface area contributed by atoms with Gasteiger partial charge >= 0.3 is 6.03 Å². The first kappa shape index (κ1) is 13.8. The van der Waals surface area contributed by atoms with Gasteiger partial charge in [-0.25, -0.2) is 4.79 Å². The van der Waals surface area contributed by atoms with Crippen LogP contribution < -0.4 is 5.32 Å². The van der Waals surface area contributed by atoms with Crippen LogP contribution >= 0.6 is 0 Å². The summed E-state index contributed by atoms with van der Waals surface area (Å²) in [5.74, 6) is 0.418. The second-order valence-corrected chi connectivity index (χ2v) is 5.34. The maximum Gasteiger partial charge on any atom is 0.317 e. The molecule has 19 heavy (non-hydrogen) atoms. The molecule has 1 N–H and O–H groups in total. The molecule has 0 atom stereocenters. The number of imide groups is 1. The van der Waals surface area contributed by atoms with E-state index in [-0.39, 0.29) is 24.4 Å². The Morgan fingerprint density at radius 3 is 2.37 bits per heavy atom. The molecule has 4 amide bonds. The van der Waals surface area contributed by atoms with E-state index in [2.05, 4.69) is 12.2 Å². The van der Waals surface area contributed by atoms with Crippen LogP contribution in [0.3, 0.4) is 0 Å². The average Bonchev–Trinajstić information content (AvgIpc) is 2.71. The molecule has 0 saturated carbocycles. The predicted octanol–water partition coefficient (Wildman–Crippen LogP) is 0.577. The molecule has 0 unspecified atom stereocenters. The first-order valence-electron chi connectivity index (χ1n) is 6.94. The molecule has 6 nitrogen and oxygen atoms in total. The highest BCUT2D eigenvalue weighted by molar-refractivity contribution is 6.01. The predicted molar refractivity (Wildman–Crippen MR) is 69.3 cm³/mol. The largest absolute Gasteiger partial charge is 0.336 e. The minimum atomic E-state index is -0.133. The van der Waals surface area contributed by atoms with Gasteiger partial charge in [0.15, 0.2) is 0 Å². The summed E-state index contributed by atoms with van der Waals surface area (Å²) < 4.78 is 0. The second kappa shape index (κ2) is 6.04. The van der Waals surface area contributed by atoms with Gasteiger partial charge in [0, 0.05) is 39.0 Å². The van der Waals surface area contributed by atoms with E-state index in [1.54, 1.807) is 4.90 Å². The lowest BCUT2D eigenvalue weighted by molar-refractivity contribution is -0.138. The third-order valence-electron chi connectivity index (χ3n) is 3.84. The highest BCUT2D eigenvalue weighted by atomic mass is 16.2. The molecule has 6 heteroatoms. The molecule has 0 aliphatic carbocycles. The Kier molecular flexibility index (Phi) is 4.39. The molecule has 106 valence electrons. The van der Waals surface area contributed by atoms with Crippen LogP contribution in [-0.4, -0.2) is 53.8 Å². The van der Waals surface area contributed by atoms with Crippen LogP contribution in [0.1, 0.15) is 32.6 Å². The summed E-state index contributed by atoms with van der Waals surface area (Å²) in [5.41, 5.74) is 0. The standard InChI is InChI=1S/C13H21N3O3/c1-10-4-7-15(8-5-10)13(19)14-6-9-16-11(17)2-3-12(16)18/h10H,2-9H2,1H3,(H,14,19). The lowest BCUT2D eigenvalue weighted by Crippen LogP contribution is -2.46. The number of rotatable bonds is 3. The van der Waals surface area contributed by atoms with Crippen molar-refractivity contribution in [1.29, 1.82) is 0 Å². The number of likely N-dealkylation sites (tertiary alicyclic amines) is 2. The first-order chi connectivity index (χ1) is 9.08. The molecule has 0 radical (unpaired) electrons. The van der Waals surface area contributed by atoms with Crippen LogP contribution in [-0.2, 0) is 9.59 Å². The van der Waals surface area contributed by atoms with E-state index >= 15 is 0 Å². The second-order valence-electron chi connectivity index (χ2n) is 5.34. The molecule has 2 rings (SSSR count). The Labute approximate surface area is 113 Å². The van der Waals surface area contributed by atoms with Gasteiger partial charge in [-0.15, -0.1) is 0 Å². The van der Waals surface area contributed by atoms with Gasteiger partial charge in [0.25, 0.3) is 0 Å². The van der Waals surface area contributed by atoms with Crippen LogP contribution in [0.15, 0.2) is 0 Å². The van der Waals surface area contributed by atoms with Crippen molar-refractivity contribution in [2.75, 3.05) is 26.2 Å². The van der Waals surface area contributed by atoms with Crippen molar-refractivity contribution in [3.05, 3.63) is 0 Å². The Balaban J connectivity index is 1.69. The number of carbonyl (C=O) groups excluding carboxylic acids is 3. The van der Waals surface area contributed by atoms with E-state index in [1.165, 1.54) is 4.90 Å². The molecule has 0 aromatic heterocycles. The van der Waals surface area contributed by atoms with Gasteiger partial charge in [-0.05, 0) is 18.8 Å². The third-order valence-corrected chi connectivity index (χ3v) is 3.84. The summed E-state index contributed by atoms with van der Waals surface area (Å²) in [7, 11) is 0. The summed E-state index contributed by atoms with van der Waals surface area (Å²) in [6.07, 6.45) is 2.68. The number of piperidine rings is 1. The van der Waals surface area contributed by atoms with Gasteiger partial charge in [0.2, 0.25) is 11.8 Å². The molecule has 0 bridgehead atoms. The highest BCUT2D eigenvalue weighted by Gasteiger charge is 2.28. The minimum Gasteiger partial charge on any atom is -0.336 e. The van der Waals surface area contributed by atoms with Gasteiger partial charge in [-0.3, -0.25) is 14.5 Å². The number of hydrogen-bond donors (Lipinski definition) is 1. The van der Waals surface area contributed by atoms with Crippen LogP contribution in [0.4, 0.5) is 4.79 Å². The monoisotopic (exact) mass is 267 g/mol. The quantitative estimate of drug-likeness (QED) is 0.760. The molecule has 2 fully saturated rings. The molecule has 0 aromatic rings. The van der Waals surface area contributed by atoms with Crippen molar-refractivity contribution in [1.82, 2.24) is 15.1 Å². The zero-order valence-electron chi connectivity index (χ0n) is 11.4. The zero-order chi connectivity index (χ0) is 13.8. The van der Waals surface area contributed by atoms with Gasteiger partial charge < -0.3 is 10.2 Å². The van der Waals surface area contributed by atoms with E-state index in [9.17, 15) is 14.4 Å². The molecule has 0 spiro atoms. The Hall–Kier alpha value is -1.59. The summed E-state index contributed by atoms with van der Waals surface area (Å²) in [6.45, 7) is 4.39. The third kappa shape index (κ3) is 3.45. The van der Waals surface area contributed by atoms with Crippen LogP contribution in [0.2, 0.25) is 0 Å². The number of nitrogens with one attached hydrogen (secondary N) is 1. The lowest BCUT2D eigenvalue weighted by Gasteiger charge is -2.30. The Morgan fingerprint density at radius 2 is 1.79 bits per heavy atom. The number of amides is 4. The Bertz CT molecular complexity index is 359. The lowest BCUT2D eigenvalue weighted by atomic mass is 10.00. The van der Waals surface area contributed by atoms with E-state index < -0.39 is 0 Å². The van der Waals surface area contributed by atoms with Crippen LogP contribution in [0.5, 0.6) is 0 Å². The summed E-state index contributed by atoms with van der Waals surface area (Å²) in [4.78, 5) is 37.7. The van der Waals surface area contributed by atoms with Gasteiger partial charge in [-0.1, -0.05) is 6.92 Å². The SMILES string of the molecule is CC1CCN(C(=O)NCCN2C(=O)CCC2=O)CC1. The van der Waals surface area contributed by atoms with E-state index in [0.717, 1.165) is 25.9 Å². The van der Waals surface area contributed by atoms with Crippen molar-refractivity contribution in [3.63, 3.8) is 0 Å². The molecular weight excluding hydrogens is 246 g/mol. The fourth-order valence-corrected chi connectivity index (χ4v) is 2.47. The molecule has 2 heterocycles. The fraction of sp³-hybridized carbons (Fsp3) is 0.769. The number of carbonyl (C=O) groups is 3. The van der Waals surface area contributed by atoms with Crippen molar-refractivity contribution >= 4 is 17.8 Å². The maximum absolute atomic E-state index is 11.9. The molecule has 2 aliphatic heterocycles. The smallest absolute Gasteiger partial charge is 0.317 e. The normalized spacial score (nSPS) is 21.1. The van der Waals surface area contributed by atoms with Crippen molar-refractivity contribution in [2.24, 2.45) is 5.92 Å². The maximum atomic E-state index is 11.9. The number of nitrogens with zero attached hydrogens (tertiary/aromatic N) is 2. The summed E-state index contributed by atoms with van der Waals surface area (Å²) in [5, 5.41) is 2.78. The van der Waals surface area contributed by atoms with E-state index in [1.807, 2.05) is 0 Å². The van der Waals surface area contributed by atoms with E-state index in [4.69, 9.17) is 0 Å². The molecular formula is C13H21N3O3. The van der Waals surface area contributed by atoms with Crippen molar-refractivity contribution < 1.29 is 14.4 Å². The highest BCUT2D eigenvalue weighted by Crippen LogP contribution is 2.15. The average molecular weight is 267 g/mol. The number of hydrogen-bond acceptors (Lipinski definition) is 3. The fourth-order valence-electron chi connectivity index (χ4n) is 2.47. The Morgan fingerprint density at radius 1 is 1.21 bits per heavy atom. The zero-order valence-corrected chi connectivity index (χ0v) is 11.4. The van der Waals surface area contributed by atoms with Crippen LogP contribution in [0, 0.1) is 5.92 Å². The van der Waals surface area contributed by atoms with Crippen LogP contribution in [0.25, 0.3) is 0 Å². The van der Waals surface area contributed by atoms with Crippen molar-refractivity contribution in [2.45, 2.75) is 32.6 Å². The van der Waals surface area contributed by atoms with Gasteiger partial charge in [0.1, 0.15) is 0 Å². The molecule has 2 saturated heterocycles. The molecule has 0 aromatic carbocycles.